The lowest BCUT2D eigenvalue weighted by molar-refractivity contribution is -0.121. The van der Waals surface area contributed by atoms with E-state index in [0.717, 1.165) is 0 Å². The first-order valence-electron chi connectivity index (χ1n) is 6.73. The first-order valence-corrected chi connectivity index (χ1v) is 7.14. The van der Waals surface area contributed by atoms with Crippen molar-refractivity contribution in [2.24, 2.45) is 0 Å². The number of carbonyl (C=O) groups excluding carboxylic acids is 2. The van der Waals surface area contributed by atoms with Crippen LogP contribution in [0.1, 0.15) is 48.0 Å². The molecule has 0 aliphatic heterocycles. The minimum absolute atomic E-state index is 0.115. The number of rotatable bonds is 3. The van der Waals surface area contributed by atoms with Crippen molar-refractivity contribution in [3.8, 4) is 0 Å². The molecule has 0 saturated heterocycles. The summed E-state index contributed by atoms with van der Waals surface area (Å²) < 4.78 is 5.04. The summed E-state index contributed by atoms with van der Waals surface area (Å²) in [6, 6.07) is 0. The van der Waals surface area contributed by atoms with Crippen LogP contribution in [-0.2, 0) is 9.53 Å². The molecule has 0 atom stereocenters. The van der Waals surface area contributed by atoms with Gasteiger partial charge in [-0.3, -0.25) is 15.6 Å². The van der Waals surface area contributed by atoms with Gasteiger partial charge in [0.05, 0.1) is 0 Å². The molecule has 0 saturated carbocycles. The van der Waals surface area contributed by atoms with Crippen LogP contribution in [0.5, 0.6) is 0 Å². The van der Waals surface area contributed by atoms with Crippen LogP contribution >= 0.6 is 12.2 Å². The van der Waals surface area contributed by atoms with Crippen molar-refractivity contribution >= 4 is 29.3 Å². The molecule has 0 aliphatic rings. The third-order valence-electron chi connectivity index (χ3n) is 1.82. The Hall–Kier alpha value is -1.57. The highest BCUT2D eigenvalue weighted by Gasteiger charge is 2.16. The van der Waals surface area contributed by atoms with E-state index in [1.54, 1.807) is 20.8 Å². The third kappa shape index (κ3) is 13.2. The molecule has 0 radical (unpaired) electrons. The summed E-state index contributed by atoms with van der Waals surface area (Å²) >= 11 is 5.01. The molecule has 0 rings (SSSR count). The second-order valence-corrected chi connectivity index (χ2v) is 6.96. The number of amides is 2. The van der Waals surface area contributed by atoms with Gasteiger partial charge in [0.25, 0.3) is 0 Å². The van der Waals surface area contributed by atoms with Gasteiger partial charge in [-0.1, -0.05) is 0 Å². The second-order valence-electron chi connectivity index (χ2n) is 6.56. The van der Waals surface area contributed by atoms with Gasteiger partial charge in [0, 0.05) is 18.5 Å². The molecule has 0 bridgehead atoms. The zero-order valence-electron chi connectivity index (χ0n) is 13.5. The van der Waals surface area contributed by atoms with Crippen molar-refractivity contribution in [1.29, 1.82) is 0 Å². The molecule has 21 heavy (non-hydrogen) atoms. The first kappa shape index (κ1) is 19.4. The average Bonchev–Trinajstić information content (AvgIpc) is 2.21. The van der Waals surface area contributed by atoms with Crippen LogP contribution in [0, 0.1) is 0 Å². The number of hydrazine groups is 1. The molecule has 4 N–H and O–H groups in total. The summed E-state index contributed by atoms with van der Waals surface area (Å²) in [4.78, 5) is 22.9. The maximum absolute atomic E-state index is 11.5. The van der Waals surface area contributed by atoms with Crippen LogP contribution in [0.4, 0.5) is 4.79 Å². The lowest BCUT2D eigenvalue weighted by Crippen LogP contribution is -2.52. The predicted molar refractivity (Wildman–Crippen MR) is 85.6 cm³/mol. The van der Waals surface area contributed by atoms with Crippen molar-refractivity contribution in [3.05, 3.63) is 0 Å². The Morgan fingerprint density at radius 2 is 1.62 bits per heavy atom. The molecular formula is C13H26N4O3S. The van der Waals surface area contributed by atoms with Crippen LogP contribution in [0.2, 0.25) is 0 Å². The van der Waals surface area contributed by atoms with E-state index in [1.807, 2.05) is 20.8 Å². The highest BCUT2D eigenvalue weighted by Crippen LogP contribution is 2.06. The molecule has 7 nitrogen and oxygen atoms in total. The summed E-state index contributed by atoms with van der Waals surface area (Å²) in [6.45, 7) is 11.3. The number of nitrogens with one attached hydrogen (secondary N) is 4. The normalized spacial score (nSPS) is 11.3. The number of carbonyl (C=O) groups is 2. The monoisotopic (exact) mass is 318 g/mol. The van der Waals surface area contributed by atoms with E-state index in [0.29, 0.717) is 5.11 Å². The average molecular weight is 318 g/mol. The smallest absolute Gasteiger partial charge is 0.407 e. The molecule has 0 aliphatic carbocycles. The molecule has 2 amide bonds. The van der Waals surface area contributed by atoms with Gasteiger partial charge in [-0.15, -0.1) is 0 Å². The SMILES string of the molecule is CC(C)(C)NC(=S)NNC(=O)CCNC(=O)OC(C)(C)C. The van der Waals surface area contributed by atoms with Crippen LogP contribution in [0.3, 0.4) is 0 Å². The number of hydrogen-bond donors (Lipinski definition) is 4. The number of hydrogen-bond acceptors (Lipinski definition) is 4. The molecule has 0 fully saturated rings. The Kier molecular flexibility index (Phi) is 7.42. The van der Waals surface area contributed by atoms with E-state index in [-0.39, 0.29) is 24.4 Å². The van der Waals surface area contributed by atoms with E-state index in [2.05, 4.69) is 21.5 Å². The first-order chi connectivity index (χ1) is 9.39. The van der Waals surface area contributed by atoms with E-state index in [4.69, 9.17) is 17.0 Å². The summed E-state index contributed by atoms with van der Waals surface area (Å²) in [7, 11) is 0. The maximum Gasteiger partial charge on any atom is 0.407 e. The van der Waals surface area contributed by atoms with Gasteiger partial charge in [0.2, 0.25) is 5.91 Å². The van der Waals surface area contributed by atoms with Gasteiger partial charge >= 0.3 is 6.09 Å². The zero-order chi connectivity index (χ0) is 16.7. The standard InChI is InChI=1S/C13H26N4O3S/c1-12(2,3)15-10(21)17-16-9(18)7-8-14-11(19)20-13(4,5)6/h7-8H2,1-6H3,(H,14,19)(H,16,18)(H2,15,17,21). The van der Waals surface area contributed by atoms with E-state index >= 15 is 0 Å². The Morgan fingerprint density at radius 3 is 2.10 bits per heavy atom. The highest BCUT2D eigenvalue weighted by molar-refractivity contribution is 7.80. The molecule has 8 heteroatoms. The van der Waals surface area contributed by atoms with Gasteiger partial charge in [0.15, 0.2) is 5.11 Å². The minimum atomic E-state index is -0.557. The number of thiocarbonyl (C=S) groups is 1. The summed E-state index contributed by atoms with van der Waals surface area (Å²) in [6.07, 6.45) is -0.433. The number of ether oxygens (including phenoxy) is 1. The molecule has 122 valence electrons. The van der Waals surface area contributed by atoms with Crippen LogP contribution in [0.15, 0.2) is 0 Å². The number of alkyl carbamates (subject to hydrolysis) is 1. The van der Waals surface area contributed by atoms with E-state index < -0.39 is 11.7 Å². The van der Waals surface area contributed by atoms with Crippen LogP contribution in [-0.4, -0.2) is 34.8 Å². The Morgan fingerprint density at radius 1 is 1.05 bits per heavy atom. The highest BCUT2D eigenvalue weighted by atomic mass is 32.1. The van der Waals surface area contributed by atoms with Crippen molar-refractivity contribution < 1.29 is 14.3 Å². The van der Waals surface area contributed by atoms with Gasteiger partial charge < -0.3 is 15.4 Å². The molecule has 0 unspecified atom stereocenters. The van der Waals surface area contributed by atoms with Gasteiger partial charge in [-0.05, 0) is 53.8 Å². The zero-order valence-corrected chi connectivity index (χ0v) is 14.4. The van der Waals surface area contributed by atoms with Crippen molar-refractivity contribution in [3.63, 3.8) is 0 Å². The molecular weight excluding hydrogens is 292 g/mol. The molecule has 0 aromatic carbocycles. The predicted octanol–water partition coefficient (Wildman–Crippen LogP) is 1.19. The van der Waals surface area contributed by atoms with Gasteiger partial charge in [-0.2, -0.15) is 0 Å². The lowest BCUT2D eigenvalue weighted by Gasteiger charge is -2.23. The minimum Gasteiger partial charge on any atom is -0.444 e. The third-order valence-corrected chi connectivity index (χ3v) is 2.03. The molecule has 0 aromatic rings. The van der Waals surface area contributed by atoms with E-state index in [9.17, 15) is 9.59 Å². The van der Waals surface area contributed by atoms with Crippen LogP contribution < -0.4 is 21.5 Å². The largest absolute Gasteiger partial charge is 0.444 e. The molecule has 0 heterocycles. The van der Waals surface area contributed by atoms with Crippen molar-refractivity contribution in [2.75, 3.05) is 6.54 Å². The second kappa shape index (κ2) is 8.02. The summed E-state index contributed by atoms with van der Waals surface area (Å²) in [5.41, 5.74) is 4.29. The Balaban J connectivity index is 3.82. The topological polar surface area (TPSA) is 91.5 Å². The fourth-order valence-corrected chi connectivity index (χ4v) is 1.51. The molecule has 0 aromatic heterocycles. The van der Waals surface area contributed by atoms with E-state index in [1.165, 1.54) is 0 Å². The summed E-state index contributed by atoms with van der Waals surface area (Å²) in [5, 5.41) is 5.82. The molecule has 0 spiro atoms. The summed E-state index contributed by atoms with van der Waals surface area (Å²) in [5.74, 6) is -0.288. The quantitative estimate of drug-likeness (QED) is 0.462. The maximum atomic E-state index is 11.5. The van der Waals surface area contributed by atoms with Crippen molar-refractivity contribution in [2.45, 2.75) is 59.1 Å². The van der Waals surface area contributed by atoms with Gasteiger partial charge in [0.1, 0.15) is 5.60 Å². The Bertz CT molecular complexity index is 386. The van der Waals surface area contributed by atoms with Crippen LogP contribution in [0.25, 0.3) is 0 Å². The Labute approximate surface area is 131 Å². The lowest BCUT2D eigenvalue weighted by atomic mass is 10.1. The van der Waals surface area contributed by atoms with Crippen molar-refractivity contribution in [1.82, 2.24) is 21.5 Å². The fraction of sp³-hybridized carbons (Fsp3) is 0.769. The fourth-order valence-electron chi connectivity index (χ4n) is 1.15. The van der Waals surface area contributed by atoms with Gasteiger partial charge in [-0.25, -0.2) is 4.79 Å².